The van der Waals surface area contributed by atoms with Crippen LogP contribution in [-0.4, -0.2) is 87.5 Å². The van der Waals surface area contributed by atoms with Crippen LogP contribution in [0.1, 0.15) is 26.2 Å². The summed E-state index contributed by atoms with van der Waals surface area (Å²) in [5, 5.41) is 37.2. The molecule has 7 N–H and O–H groups in total. The molecule has 29 heavy (non-hydrogen) atoms. The second-order valence-corrected chi connectivity index (χ2v) is 6.98. The van der Waals surface area contributed by atoms with Crippen molar-refractivity contribution < 1.29 is 39.3 Å². The van der Waals surface area contributed by atoms with Gasteiger partial charge in [-0.05, 0) is 26.3 Å². The molecule has 0 aromatic rings. The van der Waals surface area contributed by atoms with E-state index in [-0.39, 0.29) is 5.75 Å². The van der Waals surface area contributed by atoms with Crippen LogP contribution in [0.15, 0.2) is 0 Å². The number of carbonyl (C=O) groups excluding carboxylic acids is 3. The average molecular weight is 434 g/mol. The third-order valence-electron chi connectivity index (χ3n) is 4.25. The van der Waals surface area contributed by atoms with Gasteiger partial charge in [0.15, 0.2) is 0 Å². The van der Waals surface area contributed by atoms with Gasteiger partial charge in [-0.15, -0.1) is 0 Å². The second-order valence-electron chi connectivity index (χ2n) is 6.62. The zero-order valence-corrected chi connectivity index (χ0v) is 16.6. The Bertz CT molecular complexity index is 638. The maximum Gasteiger partial charge on any atom is 0.326 e. The van der Waals surface area contributed by atoms with Gasteiger partial charge in [0.25, 0.3) is 0 Å². The number of carboxylic acids is 2. The normalized spacial score (nSPS) is 20.0. The van der Waals surface area contributed by atoms with E-state index in [4.69, 9.17) is 10.2 Å². The van der Waals surface area contributed by atoms with Crippen molar-refractivity contribution >= 4 is 42.3 Å². The highest BCUT2D eigenvalue weighted by Crippen LogP contribution is 2.06. The minimum Gasteiger partial charge on any atom is -0.481 e. The predicted molar refractivity (Wildman–Crippen MR) is 102 cm³/mol. The summed E-state index contributed by atoms with van der Waals surface area (Å²) in [5.74, 6) is -5.52. The third kappa shape index (κ3) is 7.87. The van der Waals surface area contributed by atoms with Crippen LogP contribution < -0.4 is 21.3 Å². The molecule has 1 saturated heterocycles. The number of rotatable bonds is 11. The van der Waals surface area contributed by atoms with Gasteiger partial charge >= 0.3 is 11.9 Å². The van der Waals surface area contributed by atoms with Gasteiger partial charge in [-0.1, -0.05) is 0 Å². The van der Waals surface area contributed by atoms with E-state index in [0.29, 0.717) is 13.0 Å². The fourth-order valence-electron chi connectivity index (χ4n) is 2.67. The number of hydrogen-bond donors (Lipinski definition) is 8. The molecule has 1 heterocycles. The number of nitrogens with one attached hydrogen (secondary N) is 4. The Balaban J connectivity index is 2.76. The topological polar surface area (TPSA) is 194 Å². The van der Waals surface area contributed by atoms with Crippen molar-refractivity contribution in [2.75, 3.05) is 12.3 Å². The number of carboxylic acid groups (broad SMARTS) is 2. The van der Waals surface area contributed by atoms with Crippen LogP contribution in [0.25, 0.3) is 0 Å². The molecule has 13 heteroatoms. The fraction of sp³-hybridized carbons (Fsp3) is 0.688. The first-order valence-corrected chi connectivity index (χ1v) is 9.58. The molecule has 0 radical (unpaired) electrons. The van der Waals surface area contributed by atoms with E-state index in [9.17, 15) is 29.1 Å². The molecule has 3 amide bonds. The minimum absolute atomic E-state index is 0.234. The third-order valence-corrected chi connectivity index (χ3v) is 4.61. The maximum atomic E-state index is 12.5. The van der Waals surface area contributed by atoms with Gasteiger partial charge in [0.1, 0.15) is 18.1 Å². The number of aliphatic hydroxyl groups is 1. The van der Waals surface area contributed by atoms with Gasteiger partial charge in [0.05, 0.1) is 18.6 Å². The first-order valence-electron chi connectivity index (χ1n) is 8.94. The quantitative estimate of drug-likeness (QED) is 0.157. The lowest BCUT2D eigenvalue weighted by molar-refractivity contribution is -0.147. The van der Waals surface area contributed by atoms with Gasteiger partial charge in [-0.3, -0.25) is 19.2 Å². The van der Waals surface area contributed by atoms with Crippen LogP contribution in [0.5, 0.6) is 0 Å². The minimum atomic E-state index is -1.69. The summed E-state index contributed by atoms with van der Waals surface area (Å²) in [7, 11) is 0. The van der Waals surface area contributed by atoms with Crippen molar-refractivity contribution in [3.63, 3.8) is 0 Å². The van der Waals surface area contributed by atoms with Gasteiger partial charge in [0.2, 0.25) is 17.7 Å². The average Bonchev–Trinajstić information content (AvgIpc) is 3.17. The fourth-order valence-corrected chi connectivity index (χ4v) is 2.93. The maximum absolute atomic E-state index is 12.5. The van der Waals surface area contributed by atoms with Crippen LogP contribution in [0, 0.1) is 0 Å². The number of carbonyl (C=O) groups is 5. The Labute approximate surface area is 172 Å². The van der Waals surface area contributed by atoms with E-state index in [1.165, 1.54) is 6.92 Å². The summed E-state index contributed by atoms with van der Waals surface area (Å²) in [6.07, 6.45) is -0.744. The summed E-state index contributed by atoms with van der Waals surface area (Å²) in [4.78, 5) is 58.7. The van der Waals surface area contributed by atoms with Crippen LogP contribution in [0.4, 0.5) is 0 Å². The SMILES string of the molecule is CC(O)C(NC(=O)C1CCCN1)C(=O)NC(CS)C(=O)NC(CC(=O)O)C(=O)O. The summed E-state index contributed by atoms with van der Waals surface area (Å²) >= 11 is 3.94. The highest BCUT2D eigenvalue weighted by Gasteiger charge is 2.33. The Morgan fingerprint density at radius 1 is 1.07 bits per heavy atom. The molecule has 1 fully saturated rings. The van der Waals surface area contributed by atoms with Gasteiger partial charge < -0.3 is 36.6 Å². The largest absolute Gasteiger partial charge is 0.481 e. The van der Waals surface area contributed by atoms with Crippen molar-refractivity contribution in [1.29, 1.82) is 0 Å². The molecular weight excluding hydrogens is 408 g/mol. The molecule has 0 saturated carbocycles. The Kier molecular flexibility index (Phi) is 9.85. The number of amides is 3. The van der Waals surface area contributed by atoms with Crippen molar-refractivity contribution in [1.82, 2.24) is 21.3 Å². The molecule has 0 aromatic heterocycles. The van der Waals surface area contributed by atoms with Crippen LogP contribution >= 0.6 is 12.6 Å². The van der Waals surface area contributed by atoms with E-state index >= 15 is 0 Å². The molecule has 0 spiro atoms. The van der Waals surface area contributed by atoms with E-state index in [0.717, 1.165) is 6.42 Å². The summed E-state index contributed by atoms with van der Waals surface area (Å²) in [5.41, 5.74) is 0. The molecule has 1 aliphatic rings. The van der Waals surface area contributed by atoms with Gasteiger partial charge in [-0.2, -0.15) is 12.6 Å². The molecule has 12 nitrogen and oxygen atoms in total. The van der Waals surface area contributed by atoms with E-state index in [1.54, 1.807) is 0 Å². The summed E-state index contributed by atoms with van der Waals surface area (Å²) in [6, 6.07) is -4.85. The highest BCUT2D eigenvalue weighted by atomic mass is 32.1. The van der Waals surface area contributed by atoms with Gasteiger partial charge in [0, 0.05) is 5.75 Å². The summed E-state index contributed by atoms with van der Waals surface area (Å²) < 4.78 is 0. The van der Waals surface area contributed by atoms with Crippen molar-refractivity contribution in [3.05, 3.63) is 0 Å². The standard InChI is InChI=1S/C16H26N4O8S/c1-7(21)12(20-13(24)8-3-2-4-17-8)15(26)19-10(6-29)14(25)18-9(16(27)28)5-11(22)23/h7-10,12,17,21,29H,2-6H2,1H3,(H,18,25)(H,19,26)(H,20,24)(H,22,23)(H,27,28). The Morgan fingerprint density at radius 3 is 2.14 bits per heavy atom. The van der Waals surface area contributed by atoms with Crippen molar-refractivity contribution in [2.24, 2.45) is 0 Å². The summed E-state index contributed by atoms with van der Waals surface area (Å²) in [6.45, 7) is 1.95. The lowest BCUT2D eigenvalue weighted by atomic mass is 10.1. The molecule has 1 rings (SSSR count). The zero-order chi connectivity index (χ0) is 22.1. The molecule has 1 aliphatic heterocycles. The van der Waals surface area contributed by atoms with E-state index < -0.39 is 66.4 Å². The number of thiol groups is 1. The molecule has 0 aromatic carbocycles. The highest BCUT2D eigenvalue weighted by molar-refractivity contribution is 7.80. The molecule has 0 aliphatic carbocycles. The first kappa shape index (κ1) is 24.7. The van der Waals surface area contributed by atoms with Crippen molar-refractivity contribution in [3.8, 4) is 0 Å². The first-order chi connectivity index (χ1) is 13.6. The molecule has 0 bridgehead atoms. The Morgan fingerprint density at radius 2 is 1.69 bits per heavy atom. The Hall–Kier alpha value is -2.38. The van der Waals surface area contributed by atoms with E-state index in [1.807, 2.05) is 5.32 Å². The van der Waals surface area contributed by atoms with Crippen LogP contribution in [0.3, 0.4) is 0 Å². The smallest absolute Gasteiger partial charge is 0.326 e. The lowest BCUT2D eigenvalue weighted by Gasteiger charge is -2.25. The van der Waals surface area contributed by atoms with Gasteiger partial charge in [-0.25, -0.2) is 4.79 Å². The lowest BCUT2D eigenvalue weighted by Crippen LogP contribution is -2.60. The van der Waals surface area contributed by atoms with Crippen molar-refractivity contribution in [2.45, 2.75) is 56.5 Å². The number of hydrogen-bond acceptors (Lipinski definition) is 8. The van der Waals surface area contributed by atoms with Crippen LogP contribution in [-0.2, 0) is 24.0 Å². The molecular formula is C16H26N4O8S. The number of aliphatic hydroxyl groups excluding tert-OH is 1. The molecule has 5 unspecified atom stereocenters. The van der Waals surface area contributed by atoms with Crippen LogP contribution in [0.2, 0.25) is 0 Å². The molecule has 5 atom stereocenters. The zero-order valence-electron chi connectivity index (χ0n) is 15.8. The number of aliphatic carboxylic acids is 2. The predicted octanol–water partition coefficient (Wildman–Crippen LogP) is -2.94. The van der Waals surface area contributed by atoms with E-state index in [2.05, 4.69) is 28.6 Å². The second kappa shape index (κ2) is 11.6. The monoisotopic (exact) mass is 434 g/mol. The molecule has 164 valence electrons.